The summed E-state index contributed by atoms with van der Waals surface area (Å²) in [6.45, 7) is 1.57. The number of hydrogen-bond donors (Lipinski definition) is 2. The largest absolute Gasteiger partial charge is 0.352 e. The van der Waals surface area contributed by atoms with Gasteiger partial charge in [-0.25, -0.2) is 0 Å². The van der Waals surface area contributed by atoms with Gasteiger partial charge in [-0.05, 0) is 0 Å². The van der Waals surface area contributed by atoms with E-state index in [9.17, 15) is 19.7 Å². The van der Waals surface area contributed by atoms with Crippen molar-refractivity contribution < 1.29 is 19.5 Å². The highest BCUT2D eigenvalue weighted by molar-refractivity contribution is 8.14. The number of nitrogens with zero attached hydrogens (tertiary/aromatic N) is 1. The fraction of sp³-hybridized carbons (Fsp3) is 0.714. The van der Waals surface area contributed by atoms with Crippen molar-refractivity contribution in [2.24, 2.45) is 0 Å². The second-order valence-corrected chi connectivity index (χ2v) is 4.43. The van der Waals surface area contributed by atoms with Crippen molar-refractivity contribution in [3.8, 4) is 0 Å². The van der Waals surface area contributed by atoms with Gasteiger partial charge < -0.3 is 15.5 Å². The minimum atomic E-state index is -0.929. The number of carbonyl (C=O) groups is 2. The van der Waals surface area contributed by atoms with E-state index in [1.807, 2.05) is 0 Å². The van der Waals surface area contributed by atoms with Crippen LogP contribution in [0, 0.1) is 10.1 Å². The molecule has 0 aromatic carbocycles. The molecule has 0 aromatic heterocycles. The molecule has 0 aromatic rings. The molecule has 1 heterocycles. The van der Waals surface area contributed by atoms with E-state index in [1.54, 1.807) is 6.92 Å². The van der Waals surface area contributed by atoms with Gasteiger partial charge in [-0.2, -0.15) is 0 Å². The van der Waals surface area contributed by atoms with Crippen LogP contribution in [0.5, 0.6) is 0 Å². The van der Waals surface area contributed by atoms with Crippen LogP contribution in [-0.4, -0.2) is 40.7 Å². The summed E-state index contributed by atoms with van der Waals surface area (Å²) in [7, 11) is 0. The maximum atomic E-state index is 11.5. The molecule has 1 aliphatic rings. The van der Waals surface area contributed by atoms with E-state index < -0.39 is 11.1 Å². The number of hydrogen-bond acceptors (Lipinski definition) is 6. The molecule has 2 N–H and O–H groups in total. The van der Waals surface area contributed by atoms with Crippen molar-refractivity contribution in [1.82, 2.24) is 10.6 Å². The Morgan fingerprint density at radius 1 is 1.75 bits per heavy atom. The molecule has 16 heavy (non-hydrogen) atoms. The van der Waals surface area contributed by atoms with Crippen molar-refractivity contribution in [2.75, 3.05) is 13.2 Å². The first-order chi connectivity index (χ1) is 7.50. The molecule has 0 spiro atoms. The normalized spacial score (nSPS) is 23.7. The van der Waals surface area contributed by atoms with E-state index in [-0.39, 0.29) is 29.5 Å². The highest BCUT2D eigenvalue weighted by Crippen LogP contribution is 2.22. The highest BCUT2D eigenvalue weighted by Gasteiger charge is 2.34. The highest BCUT2D eigenvalue weighted by atomic mass is 32.2. The molecule has 0 bridgehead atoms. The minimum absolute atomic E-state index is 0.0313. The molecule has 2 atom stereocenters. The molecule has 8 nitrogen and oxygen atoms in total. The summed E-state index contributed by atoms with van der Waals surface area (Å²) < 4.78 is 0. The van der Waals surface area contributed by atoms with Crippen molar-refractivity contribution in [3.63, 3.8) is 0 Å². The van der Waals surface area contributed by atoms with Crippen LogP contribution < -0.4 is 10.6 Å². The van der Waals surface area contributed by atoms with Gasteiger partial charge in [0.05, 0.1) is 0 Å². The summed E-state index contributed by atoms with van der Waals surface area (Å²) in [5, 5.41) is 13.4. The van der Waals surface area contributed by atoms with Crippen LogP contribution in [0.4, 0.5) is 4.79 Å². The quantitative estimate of drug-likeness (QED) is 0.387. The zero-order valence-corrected chi connectivity index (χ0v) is 9.28. The molecule has 1 fully saturated rings. The van der Waals surface area contributed by atoms with E-state index in [0.29, 0.717) is 0 Å². The molecule has 0 saturated carbocycles. The van der Waals surface area contributed by atoms with Crippen molar-refractivity contribution in [3.05, 3.63) is 10.1 Å². The lowest BCUT2D eigenvalue weighted by atomic mass is 10.2. The van der Waals surface area contributed by atoms with Crippen LogP contribution >= 0.6 is 11.8 Å². The number of rotatable bonds is 5. The summed E-state index contributed by atoms with van der Waals surface area (Å²) in [5.74, 6) is -0.363. The van der Waals surface area contributed by atoms with E-state index in [1.165, 1.54) is 0 Å². The third kappa shape index (κ3) is 3.57. The van der Waals surface area contributed by atoms with Crippen LogP contribution in [0.3, 0.4) is 0 Å². The Morgan fingerprint density at radius 2 is 2.44 bits per heavy atom. The lowest BCUT2D eigenvalue weighted by molar-refractivity contribution is -0.757. The Hall–Kier alpha value is -1.51. The van der Waals surface area contributed by atoms with Crippen LogP contribution in [0.2, 0.25) is 0 Å². The molecule has 1 saturated heterocycles. The van der Waals surface area contributed by atoms with Gasteiger partial charge in [-0.1, -0.05) is 18.7 Å². The molecule has 0 unspecified atom stereocenters. The maximum absolute atomic E-state index is 11.5. The standard InChI is InChI=1S/C7H11N3O5S/c1-4-5(9-7(12)16-4)6(11)8-2-3-15-10(13)14/h4-5H,2-3H2,1H3,(H,8,11)(H,9,12)/t4-,5-/m0/s1. The summed E-state index contributed by atoms with van der Waals surface area (Å²) in [6, 6.07) is -0.590. The monoisotopic (exact) mass is 249 g/mol. The molecule has 90 valence electrons. The molecule has 9 heteroatoms. The average Bonchev–Trinajstić information content (AvgIpc) is 2.52. The van der Waals surface area contributed by atoms with E-state index in [2.05, 4.69) is 15.5 Å². The number of thioether (sulfide) groups is 1. The second-order valence-electron chi connectivity index (χ2n) is 3.08. The van der Waals surface area contributed by atoms with Crippen molar-refractivity contribution >= 4 is 22.9 Å². The van der Waals surface area contributed by atoms with Gasteiger partial charge >= 0.3 is 0 Å². The van der Waals surface area contributed by atoms with Gasteiger partial charge in [0, 0.05) is 11.8 Å². The topological polar surface area (TPSA) is 111 Å². The number of nitrogens with one attached hydrogen (secondary N) is 2. The summed E-state index contributed by atoms with van der Waals surface area (Å²) in [4.78, 5) is 36.3. The Bertz CT molecular complexity index is 310. The Labute approximate surface area is 95.2 Å². The van der Waals surface area contributed by atoms with Crippen molar-refractivity contribution in [1.29, 1.82) is 0 Å². The summed E-state index contributed by atoms with van der Waals surface area (Å²) in [6.07, 6.45) is 0. The van der Waals surface area contributed by atoms with Crippen LogP contribution in [0.1, 0.15) is 6.92 Å². The molecule has 0 radical (unpaired) electrons. The molecule has 1 rings (SSSR count). The smallest absolute Gasteiger partial charge is 0.294 e. The number of carbonyl (C=O) groups excluding carboxylic acids is 2. The fourth-order valence-electron chi connectivity index (χ4n) is 1.20. The van der Waals surface area contributed by atoms with E-state index >= 15 is 0 Å². The van der Waals surface area contributed by atoms with Gasteiger partial charge in [-0.15, -0.1) is 10.1 Å². The third-order valence-corrected chi connectivity index (χ3v) is 2.89. The van der Waals surface area contributed by atoms with Gasteiger partial charge in [0.25, 0.3) is 10.3 Å². The second kappa shape index (κ2) is 5.54. The zero-order chi connectivity index (χ0) is 12.1. The lowest BCUT2D eigenvalue weighted by Crippen LogP contribution is -2.46. The molecule has 1 aliphatic heterocycles. The molecule has 0 aliphatic carbocycles. The first kappa shape index (κ1) is 12.6. The first-order valence-corrected chi connectivity index (χ1v) is 5.41. The van der Waals surface area contributed by atoms with E-state index in [0.717, 1.165) is 11.8 Å². The third-order valence-electron chi connectivity index (χ3n) is 1.92. The SMILES string of the molecule is C[C@@H]1SC(=O)N[C@@H]1C(=O)NCCO[N+](=O)[O-]. The Balaban J connectivity index is 2.25. The fourth-order valence-corrected chi connectivity index (χ4v) is 2.06. The van der Waals surface area contributed by atoms with Gasteiger partial charge in [0.15, 0.2) is 0 Å². The average molecular weight is 249 g/mol. The Kier molecular flexibility index (Phi) is 4.35. The zero-order valence-electron chi connectivity index (χ0n) is 8.47. The van der Waals surface area contributed by atoms with Gasteiger partial charge in [0.1, 0.15) is 12.6 Å². The number of amides is 2. The van der Waals surface area contributed by atoms with Crippen LogP contribution in [0.15, 0.2) is 0 Å². The van der Waals surface area contributed by atoms with Crippen molar-refractivity contribution in [2.45, 2.75) is 18.2 Å². The van der Waals surface area contributed by atoms with Crippen LogP contribution in [-0.2, 0) is 9.63 Å². The van der Waals surface area contributed by atoms with E-state index in [4.69, 9.17) is 0 Å². The first-order valence-electron chi connectivity index (χ1n) is 4.53. The predicted octanol–water partition coefficient (Wildman–Crippen LogP) is -0.476. The summed E-state index contributed by atoms with van der Waals surface area (Å²) in [5.41, 5.74) is 0. The molecular weight excluding hydrogens is 238 g/mol. The lowest BCUT2D eigenvalue weighted by Gasteiger charge is -2.13. The van der Waals surface area contributed by atoms with Gasteiger partial charge in [0.2, 0.25) is 5.91 Å². The maximum Gasteiger partial charge on any atom is 0.294 e. The minimum Gasteiger partial charge on any atom is -0.352 e. The summed E-state index contributed by atoms with van der Waals surface area (Å²) >= 11 is 1.05. The Morgan fingerprint density at radius 3 is 2.94 bits per heavy atom. The molecule has 2 amide bonds. The van der Waals surface area contributed by atoms with Crippen LogP contribution in [0.25, 0.3) is 0 Å². The predicted molar refractivity (Wildman–Crippen MR) is 55.3 cm³/mol. The molecular formula is C7H11N3O5S. The van der Waals surface area contributed by atoms with Gasteiger partial charge in [-0.3, -0.25) is 9.59 Å².